The second-order valence-electron chi connectivity index (χ2n) is 4.51. The van der Waals surface area contributed by atoms with E-state index in [1.807, 2.05) is 43.3 Å². The predicted octanol–water partition coefficient (Wildman–Crippen LogP) is 4.94. The SMILES string of the molecule is Cc1nc(SCc2ccccc2)c(-c2ccccc2)o1. The number of hydrogen-bond acceptors (Lipinski definition) is 3. The van der Waals surface area contributed by atoms with Crippen LogP contribution in [0, 0.1) is 6.92 Å². The second kappa shape index (κ2) is 5.97. The lowest BCUT2D eigenvalue weighted by Gasteiger charge is -2.01. The molecule has 1 aromatic heterocycles. The van der Waals surface area contributed by atoms with Crippen molar-refractivity contribution in [1.29, 1.82) is 0 Å². The Bertz CT molecular complexity index is 677. The summed E-state index contributed by atoms with van der Waals surface area (Å²) in [5.74, 6) is 2.47. The summed E-state index contributed by atoms with van der Waals surface area (Å²) in [6, 6.07) is 20.5. The summed E-state index contributed by atoms with van der Waals surface area (Å²) in [5, 5.41) is 0.956. The van der Waals surface area contributed by atoms with Gasteiger partial charge in [0.15, 0.2) is 11.7 Å². The fraction of sp³-hybridized carbons (Fsp3) is 0.118. The molecule has 0 bridgehead atoms. The lowest BCUT2D eigenvalue weighted by molar-refractivity contribution is 0.533. The number of hydrogen-bond donors (Lipinski definition) is 0. The quantitative estimate of drug-likeness (QED) is 0.633. The van der Waals surface area contributed by atoms with Gasteiger partial charge >= 0.3 is 0 Å². The zero-order valence-electron chi connectivity index (χ0n) is 11.2. The van der Waals surface area contributed by atoms with E-state index in [0.717, 1.165) is 22.1 Å². The van der Waals surface area contributed by atoms with E-state index < -0.39 is 0 Å². The van der Waals surface area contributed by atoms with Gasteiger partial charge in [-0.2, -0.15) is 0 Å². The standard InChI is InChI=1S/C17H15NOS/c1-13-18-17(20-12-14-8-4-2-5-9-14)16(19-13)15-10-6-3-7-11-15/h2-11H,12H2,1H3. The Kier molecular flexibility index (Phi) is 3.88. The molecule has 0 atom stereocenters. The first kappa shape index (κ1) is 13.0. The summed E-state index contributed by atoms with van der Waals surface area (Å²) >= 11 is 1.71. The van der Waals surface area contributed by atoms with E-state index in [4.69, 9.17) is 4.42 Å². The molecule has 0 unspecified atom stereocenters. The summed E-state index contributed by atoms with van der Waals surface area (Å²) in [4.78, 5) is 4.50. The van der Waals surface area contributed by atoms with Crippen molar-refractivity contribution in [3.63, 3.8) is 0 Å². The molecule has 0 amide bonds. The number of nitrogens with zero attached hydrogens (tertiary/aromatic N) is 1. The van der Waals surface area contributed by atoms with Crippen LogP contribution >= 0.6 is 11.8 Å². The number of oxazole rings is 1. The minimum Gasteiger partial charge on any atom is -0.440 e. The summed E-state index contributed by atoms with van der Waals surface area (Å²) in [6.07, 6.45) is 0. The summed E-state index contributed by atoms with van der Waals surface area (Å²) in [7, 11) is 0. The smallest absolute Gasteiger partial charge is 0.192 e. The average molecular weight is 281 g/mol. The normalized spacial score (nSPS) is 10.7. The van der Waals surface area contributed by atoms with Crippen LogP contribution < -0.4 is 0 Å². The van der Waals surface area contributed by atoms with Crippen LogP contribution in [0.15, 0.2) is 70.1 Å². The number of aromatic nitrogens is 1. The molecule has 2 nitrogen and oxygen atoms in total. The highest BCUT2D eigenvalue weighted by atomic mass is 32.2. The van der Waals surface area contributed by atoms with E-state index in [2.05, 4.69) is 29.2 Å². The third-order valence-electron chi connectivity index (χ3n) is 2.96. The van der Waals surface area contributed by atoms with Crippen LogP contribution in [0.2, 0.25) is 0 Å². The summed E-state index contributed by atoms with van der Waals surface area (Å²) < 4.78 is 5.76. The van der Waals surface area contributed by atoms with Crippen LogP contribution in [0.25, 0.3) is 11.3 Å². The maximum Gasteiger partial charge on any atom is 0.192 e. The largest absolute Gasteiger partial charge is 0.440 e. The van der Waals surface area contributed by atoms with Crippen LogP contribution in [0.1, 0.15) is 11.5 Å². The molecule has 100 valence electrons. The third kappa shape index (κ3) is 2.94. The Balaban J connectivity index is 1.84. The Morgan fingerprint density at radius 2 is 1.60 bits per heavy atom. The number of thioether (sulfide) groups is 1. The van der Waals surface area contributed by atoms with Crippen molar-refractivity contribution in [2.24, 2.45) is 0 Å². The number of rotatable bonds is 4. The first-order valence-corrected chi connectivity index (χ1v) is 7.51. The minimum atomic E-state index is 0.708. The number of benzene rings is 2. The van der Waals surface area contributed by atoms with Crippen LogP contribution in [-0.4, -0.2) is 4.98 Å². The molecule has 3 aromatic rings. The Labute approximate surface area is 122 Å². The van der Waals surface area contributed by atoms with Crippen molar-refractivity contribution in [1.82, 2.24) is 4.98 Å². The van der Waals surface area contributed by atoms with Gasteiger partial charge in [-0.3, -0.25) is 0 Å². The first-order chi connectivity index (χ1) is 9.83. The fourth-order valence-corrected chi connectivity index (χ4v) is 2.98. The molecule has 0 N–H and O–H groups in total. The van der Waals surface area contributed by atoms with Crippen molar-refractivity contribution in [2.75, 3.05) is 0 Å². The fourth-order valence-electron chi connectivity index (χ4n) is 2.00. The van der Waals surface area contributed by atoms with Crippen molar-refractivity contribution >= 4 is 11.8 Å². The van der Waals surface area contributed by atoms with Gasteiger partial charge in [0, 0.05) is 18.2 Å². The van der Waals surface area contributed by atoms with E-state index in [-0.39, 0.29) is 0 Å². The highest BCUT2D eigenvalue weighted by Crippen LogP contribution is 2.33. The maximum absolute atomic E-state index is 5.76. The molecule has 0 radical (unpaired) electrons. The molecular formula is C17H15NOS. The predicted molar refractivity (Wildman–Crippen MR) is 82.7 cm³/mol. The van der Waals surface area contributed by atoms with Gasteiger partial charge in [-0.1, -0.05) is 72.4 Å². The molecule has 0 saturated carbocycles. The zero-order valence-corrected chi connectivity index (χ0v) is 12.1. The lowest BCUT2D eigenvalue weighted by atomic mass is 10.2. The van der Waals surface area contributed by atoms with Crippen molar-refractivity contribution in [3.05, 3.63) is 72.1 Å². The Hall–Kier alpha value is -2.00. The molecule has 0 aliphatic rings. The van der Waals surface area contributed by atoms with Gasteiger partial charge < -0.3 is 4.42 Å². The van der Waals surface area contributed by atoms with Crippen molar-refractivity contribution in [3.8, 4) is 11.3 Å². The maximum atomic E-state index is 5.76. The van der Waals surface area contributed by atoms with E-state index in [1.165, 1.54) is 5.56 Å². The van der Waals surface area contributed by atoms with E-state index >= 15 is 0 Å². The molecular weight excluding hydrogens is 266 g/mol. The molecule has 0 aliphatic heterocycles. The zero-order chi connectivity index (χ0) is 13.8. The first-order valence-electron chi connectivity index (χ1n) is 6.52. The summed E-state index contributed by atoms with van der Waals surface area (Å²) in [5.41, 5.74) is 2.36. The second-order valence-corrected chi connectivity index (χ2v) is 5.47. The molecule has 20 heavy (non-hydrogen) atoms. The van der Waals surface area contributed by atoms with E-state index in [1.54, 1.807) is 11.8 Å². The summed E-state index contributed by atoms with van der Waals surface area (Å²) in [6.45, 7) is 1.89. The Morgan fingerprint density at radius 3 is 2.30 bits per heavy atom. The van der Waals surface area contributed by atoms with Gasteiger partial charge in [0.05, 0.1) is 0 Å². The molecule has 3 heteroatoms. The number of aryl methyl sites for hydroxylation is 1. The molecule has 1 heterocycles. The van der Waals surface area contributed by atoms with Crippen LogP contribution in [0.5, 0.6) is 0 Å². The highest BCUT2D eigenvalue weighted by Gasteiger charge is 2.13. The minimum absolute atomic E-state index is 0.708. The van der Waals surface area contributed by atoms with Crippen molar-refractivity contribution in [2.45, 2.75) is 17.7 Å². The van der Waals surface area contributed by atoms with Gasteiger partial charge in [0.1, 0.15) is 5.03 Å². The molecule has 0 aliphatic carbocycles. The van der Waals surface area contributed by atoms with E-state index in [0.29, 0.717) is 5.89 Å². The topological polar surface area (TPSA) is 26.0 Å². The van der Waals surface area contributed by atoms with E-state index in [9.17, 15) is 0 Å². The molecule has 0 fully saturated rings. The van der Waals surface area contributed by atoms with Gasteiger partial charge in [-0.25, -0.2) is 4.98 Å². The molecule has 2 aromatic carbocycles. The van der Waals surface area contributed by atoms with Gasteiger partial charge in [-0.15, -0.1) is 0 Å². The highest BCUT2D eigenvalue weighted by molar-refractivity contribution is 7.98. The van der Waals surface area contributed by atoms with Crippen molar-refractivity contribution < 1.29 is 4.42 Å². The molecule has 3 rings (SSSR count). The van der Waals surface area contributed by atoms with Gasteiger partial charge in [0.25, 0.3) is 0 Å². The average Bonchev–Trinajstić information content (AvgIpc) is 2.88. The Morgan fingerprint density at radius 1 is 0.950 bits per heavy atom. The lowest BCUT2D eigenvalue weighted by Crippen LogP contribution is -1.82. The van der Waals surface area contributed by atoms with Crippen LogP contribution in [0.4, 0.5) is 0 Å². The van der Waals surface area contributed by atoms with Gasteiger partial charge in [-0.05, 0) is 5.56 Å². The van der Waals surface area contributed by atoms with Gasteiger partial charge in [0.2, 0.25) is 0 Å². The molecule has 0 saturated heterocycles. The third-order valence-corrected chi connectivity index (χ3v) is 3.99. The van der Waals surface area contributed by atoms with Crippen LogP contribution in [0.3, 0.4) is 0 Å². The molecule has 0 spiro atoms. The van der Waals surface area contributed by atoms with Crippen LogP contribution in [-0.2, 0) is 5.75 Å². The monoisotopic (exact) mass is 281 g/mol.